The summed E-state index contributed by atoms with van der Waals surface area (Å²) in [7, 11) is 0. The molecule has 2 N–H and O–H groups in total. The molecule has 0 bridgehead atoms. The van der Waals surface area contributed by atoms with Gasteiger partial charge in [0.1, 0.15) is 5.69 Å². The normalized spacial score (nSPS) is 16.8. The Morgan fingerprint density at radius 1 is 1.03 bits per heavy atom. The van der Waals surface area contributed by atoms with E-state index in [4.69, 9.17) is 0 Å². The lowest BCUT2D eigenvalue weighted by Gasteiger charge is -2.43. The van der Waals surface area contributed by atoms with Crippen LogP contribution in [-0.2, 0) is 6.42 Å². The predicted molar refractivity (Wildman–Crippen MR) is 144 cm³/mol. The number of likely N-dealkylation sites (tertiary alicyclic amines) is 1. The van der Waals surface area contributed by atoms with Crippen LogP contribution in [0.1, 0.15) is 75.9 Å². The Balaban J connectivity index is 1.23. The molecule has 0 unspecified atom stereocenters. The molecule has 2 aromatic carbocycles. The number of ketones is 1. The third-order valence-electron chi connectivity index (χ3n) is 8.20. The molecule has 1 amide bonds. The van der Waals surface area contributed by atoms with Crippen molar-refractivity contribution >= 4 is 28.6 Å². The van der Waals surface area contributed by atoms with Crippen molar-refractivity contribution in [3.8, 4) is 11.1 Å². The van der Waals surface area contributed by atoms with Gasteiger partial charge in [-0.15, -0.1) is 0 Å². The van der Waals surface area contributed by atoms with Crippen molar-refractivity contribution in [1.82, 2.24) is 19.7 Å². The number of aromatic carboxylic acids is 1. The molecule has 1 saturated heterocycles. The summed E-state index contributed by atoms with van der Waals surface area (Å²) < 4.78 is 1.84. The first-order valence-electron chi connectivity index (χ1n) is 13.1. The standard InChI is InChI=1S/C30H30N4O4/c1-18(2)34-27-22(17-32-34)15-30(16-26(27)35)8-11-33(12-9-30)28(36)21-13-24(23-7-10-31-25(23)14-21)19-3-5-20(6-4-19)29(37)38/h3-7,10,13-14,17-18,31H,8-9,11-12,15-16H2,1-2H3,(H,37,38). The fraction of sp³-hybridized carbons (Fsp3) is 0.333. The molecule has 38 heavy (non-hydrogen) atoms. The van der Waals surface area contributed by atoms with E-state index in [-0.39, 0.29) is 28.7 Å². The number of carbonyl (C=O) groups excluding carboxylic acids is 2. The Morgan fingerprint density at radius 3 is 2.45 bits per heavy atom. The fourth-order valence-electron chi connectivity index (χ4n) is 6.16. The minimum atomic E-state index is -0.972. The second-order valence-electron chi connectivity index (χ2n) is 11.0. The third-order valence-corrected chi connectivity index (χ3v) is 8.20. The van der Waals surface area contributed by atoms with Gasteiger partial charge in [-0.3, -0.25) is 14.3 Å². The Hall–Kier alpha value is -4.20. The molecule has 1 spiro atoms. The minimum absolute atomic E-state index is 0.0322. The van der Waals surface area contributed by atoms with Crippen LogP contribution in [-0.4, -0.2) is 55.5 Å². The van der Waals surface area contributed by atoms with Crippen molar-refractivity contribution in [2.45, 2.75) is 45.6 Å². The lowest BCUT2D eigenvalue weighted by atomic mass is 9.67. The van der Waals surface area contributed by atoms with Crippen molar-refractivity contribution in [2.75, 3.05) is 13.1 Å². The molecule has 2 aliphatic rings. The van der Waals surface area contributed by atoms with Gasteiger partial charge in [-0.25, -0.2) is 4.79 Å². The topological polar surface area (TPSA) is 108 Å². The molecule has 0 saturated carbocycles. The highest BCUT2D eigenvalue weighted by Gasteiger charge is 2.43. The first-order valence-corrected chi connectivity index (χ1v) is 13.1. The van der Waals surface area contributed by atoms with Crippen LogP contribution in [0.4, 0.5) is 0 Å². The van der Waals surface area contributed by atoms with E-state index < -0.39 is 5.97 Å². The Bertz CT molecular complexity index is 1570. The minimum Gasteiger partial charge on any atom is -0.478 e. The summed E-state index contributed by atoms with van der Waals surface area (Å²) in [4.78, 5) is 43.2. The zero-order chi connectivity index (χ0) is 26.6. The maximum Gasteiger partial charge on any atom is 0.335 e. The van der Waals surface area contributed by atoms with Crippen molar-refractivity contribution < 1.29 is 19.5 Å². The zero-order valence-electron chi connectivity index (χ0n) is 21.5. The predicted octanol–water partition coefficient (Wildman–Crippen LogP) is 5.36. The van der Waals surface area contributed by atoms with Crippen molar-refractivity contribution in [3.63, 3.8) is 0 Å². The lowest BCUT2D eigenvalue weighted by molar-refractivity contribution is 0.0516. The van der Waals surface area contributed by atoms with Crippen molar-refractivity contribution in [3.05, 3.63) is 77.2 Å². The summed E-state index contributed by atoms with van der Waals surface area (Å²) in [5.74, 6) is -0.844. The number of carboxylic acid groups (broad SMARTS) is 1. The number of nitrogens with one attached hydrogen (secondary N) is 1. The molecule has 1 aliphatic heterocycles. The number of aromatic nitrogens is 3. The smallest absolute Gasteiger partial charge is 0.335 e. The maximum atomic E-state index is 13.7. The van der Waals surface area contributed by atoms with Crippen molar-refractivity contribution in [1.29, 1.82) is 0 Å². The van der Waals surface area contributed by atoms with Gasteiger partial charge in [0.2, 0.25) is 0 Å². The largest absolute Gasteiger partial charge is 0.478 e. The van der Waals surface area contributed by atoms with Crippen LogP contribution in [0.2, 0.25) is 0 Å². The van der Waals surface area contributed by atoms with Gasteiger partial charge in [-0.2, -0.15) is 5.10 Å². The summed E-state index contributed by atoms with van der Waals surface area (Å²) >= 11 is 0. The van der Waals surface area contributed by atoms with Gasteiger partial charge in [0.15, 0.2) is 5.78 Å². The number of nitrogens with zero attached hydrogens (tertiary/aromatic N) is 3. The number of rotatable bonds is 4. The average Bonchev–Trinajstić information content (AvgIpc) is 3.55. The van der Waals surface area contributed by atoms with Gasteiger partial charge in [-0.1, -0.05) is 12.1 Å². The highest BCUT2D eigenvalue weighted by Crippen LogP contribution is 2.44. The molecule has 8 nitrogen and oxygen atoms in total. The average molecular weight is 511 g/mol. The van der Waals surface area contributed by atoms with Crippen LogP contribution in [0.3, 0.4) is 0 Å². The quantitative estimate of drug-likeness (QED) is 0.384. The molecule has 0 radical (unpaired) electrons. The number of carboxylic acids is 1. The van der Waals surface area contributed by atoms with Crippen LogP contribution in [0, 0.1) is 5.41 Å². The summed E-state index contributed by atoms with van der Waals surface area (Å²) in [5.41, 5.74) is 5.07. The number of aromatic amines is 1. The van der Waals surface area contributed by atoms with Crippen LogP contribution in [0.5, 0.6) is 0 Å². The highest BCUT2D eigenvalue weighted by molar-refractivity contribution is 6.04. The monoisotopic (exact) mass is 510 g/mol. The van der Waals surface area contributed by atoms with E-state index in [1.165, 1.54) is 0 Å². The molecule has 4 aromatic rings. The molecular weight excluding hydrogens is 480 g/mol. The summed E-state index contributed by atoms with van der Waals surface area (Å²) in [6.07, 6.45) is 6.59. The van der Waals surface area contributed by atoms with Gasteiger partial charge < -0.3 is 15.0 Å². The zero-order valence-corrected chi connectivity index (χ0v) is 21.5. The van der Waals surface area contributed by atoms with E-state index in [0.717, 1.165) is 52.5 Å². The second kappa shape index (κ2) is 8.97. The first-order chi connectivity index (χ1) is 18.2. The highest BCUT2D eigenvalue weighted by atomic mass is 16.4. The van der Waals surface area contributed by atoms with E-state index in [1.54, 1.807) is 24.3 Å². The van der Waals surface area contributed by atoms with E-state index in [9.17, 15) is 19.5 Å². The van der Waals surface area contributed by atoms with Gasteiger partial charge in [0.25, 0.3) is 5.91 Å². The Labute approximate surface area is 220 Å². The van der Waals surface area contributed by atoms with E-state index in [1.807, 2.05) is 54.0 Å². The van der Waals surface area contributed by atoms with E-state index in [0.29, 0.717) is 25.1 Å². The molecule has 3 heterocycles. The number of amides is 1. The summed E-state index contributed by atoms with van der Waals surface area (Å²) in [5, 5.41) is 14.7. The Kier molecular flexibility index (Phi) is 5.70. The molecule has 194 valence electrons. The molecule has 0 atom stereocenters. The van der Waals surface area contributed by atoms with Gasteiger partial charge in [-0.05, 0) is 80.0 Å². The molecule has 2 aromatic heterocycles. The summed E-state index contributed by atoms with van der Waals surface area (Å²) in [6, 6.07) is 12.6. The third kappa shape index (κ3) is 4.00. The SMILES string of the molecule is CC(C)n1ncc2c1C(=O)CC1(CCN(C(=O)c3cc(-c4ccc(C(=O)O)cc4)c4cc[nH]c4c3)CC1)C2. The van der Waals surface area contributed by atoms with Crippen LogP contribution >= 0.6 is 0 Å². The Morgan fingerprint density at radius 2 is 1.76 bits per heavy atom. The van der Waals surface area contributed by atoms with Gasteiger partial charge in [0, 0.05) is 53.8 Å². The second-order valence-corrected chi connectivity index (χ2v) is 11.0. The van der Waals surface area contributed by atoms with Gasteiger partial charge >= 0.3 is 5.97 Å². The van der Waals surface area contributed by atoms with Gasteiger partial charge in [0.05, 0.1) is 11.8 Å². The van der Waals surface area contributed by atoms with E-state index in [2.05, 4.69) is 10.1 Å². The number of piperidine rings is 1. The van der Waals surface area contributed by atoms with E-state index >= 15 is 0 Å². The van der Waals surface area contributed by atoms with Crippen LogP contribution in [0.25, 0.3) is 22.0 Å². The molecule has 1 aliphatic carbocycles. The first kappa shape index (κ1) is 24.2. The molecular formula is C30H30N4O4. The number of Topliss-reactive ketones (excluding diaryl/α,β-unsaturated/α-hetero) is 1. The molecule has 6 rings (SSSR count). The van der Waals surface area contributed by atoms with Crippen molar-refractivity contribution in [2.24, 2.45) is 5.41 Å². The number of hydrogen-bond acceptors (Lipinski definition) is 4. The molecule has 8 heteroatoms. The van der Waals surface area contributed by atoms with Crippen LogP contribution < -0.4 is 0 Å². The maximum absolute atomic E-state index is 13.7. The number of carbonyl (C=O) groups is 3. The summed E-state index contributed by atoms with van der Waals surface area (Å²) in [6.45, 7) is 5.28. The number of H-pyrrole nitrogens is 1. The number of hydrogen-bond donors (Lipinski definition) is 2. The lowest BCUT2D eigenvalue weighted by Crippen LogP contribution is -2.46. The number of fused-ring (bicyclic) bond motifs is 2. The molecule has 1 fully saturated rings. The van der Waals surface area contributed by atoms with Crippen LogP contribution in [0.15, 0.2) is 54.9 Å². The fourth-order valence-corrected chi connectivity index (χ4v) is 6.16. The number of benzene rings is 2.